The second-order valence-corrected chi connectivity index (χ2v) is 7.39. The molecule has 1 atom stereocenters. The van der Waals surface area contributed by atoms with Gasteiger partial charge in [-0.05, 0) is 49.7 Å². The van der Waals surface area contributed by atoms with Gasteiger partial charge in [0.05, 0.1) is 6.04 Å². The fourth-order valence-electron chi connectivity index (χ4n) is 3.68. The standard InChI is InChI=1S/C24H21FN2O2/c1-15-3-6-18(7-4-15)24(29)27-14-22(28)26-21-12-5-16(2)13-20(21)23(27)17-8-10-19(25)11-9-17/h3-13,23H,14H2,1-2H3,(H,26,28)/t23-/m1/s1. The van der Waals surface area contributed by atoms with Crippen molar-refractivity contribution in [2.24, 2.45) is 0 Å². The zero-order valence-corrected chi connectivity index (χ0v) is 16.3. The first-order valence-corrected chi connectivity index (χ1v) is 9.46. The van der Waals surface area contributed by atoms with Gasteiger partial charge in [-0.3, -0.25) is 9.59 Å². The first-order valence-electron chi connectivity index (χ1n) is 9.46. The molecule has 2 amide bonds. The molecular formula is C24H21FN2O2. The van der Waals surface area contributed by atoms with Crippen LogP contribution in [-0.4, -0.2) is 23.3 Å². The third kappa shape index (κ3) is 3.76. The predicted molar refractivity (Wildman–Crippen MR) is 110 cm³/mol. The molecule has 0 fully saturated rings. The highest BCUT2D eigenvalue weighted by Gasteiger charge is 2.34. The van der Waals surface area contributed by atoms with Crippen LogP contribution in [0.3, 0.4) is 0 Å². The van der Waals surface area contributed by atoms with E-state index in [1.165, 1.54) is 12.1 Å². The number of carbonyl (C=O) groups is 2. The van der Waals surface area contributed by atoms with E-state index in [4.69, 9.17) is 0 Å². The number of halogens is 1. The van der Waals surface area contributed by atoms with Gasteiger partial charge in [0, 0.05) is 16.8 Å². The average Bonchev–Trinajstić information content (AvgIpc) is 2.84. The van der Waals surface area contributed by atoms with E-state index in [0.717, 1.165) is 22.3 Å². The third-order valence-electron chi connectivity index (χ3n) is 5.15. The first-order chi connectivity index (χ1) is 13.9. The van der Waals surface area contributed by atoms with Gasteiger partial charge in [0.15, 0.2) is 0 Å². The highest BCUT2D eigenvalue weighted by Crippen LogP contribution is 2.37. The van der Waals surface area contributed by atoms with Crippen molar-refractivity contribution in [3.05, 3.63) is 100 Å². The molecule has 0 aromatic heterocycles. The van der Waals surface area contributed by atoms with Crippen LogP contribution in [0.2, 0.25) is 0 Å². The van der Waals surface area contributed by atoms with Crippen molar-refractivity contribution in [2.75, 3.05) is 11.9 Å². The quantitative estimate of drug-likeness (QED) is 0.696. The van der Waals surface area contributed by atoms with E-state index in [1.807, 2.05) is 44.2 Å². The molecule has 3 aromatic carbocycles. The van der Waals surface area contributed by atoms with Crippen LogP contribution in [0.1, 0.15) is 38.7 Å². The van der Waals surface area contributed by atoms with Gasteiger partial charge >= 0.3 is 0 Å². The molecule has 5 heteroatoms. The van der Waals surface area contributed by atoms with Gasteiger partial charge in [-0.1, -0.05) is 47.5 Å². The minimum Gasteiger partial charge on any atom is -0.324 e. The number of amides is 2. The summed E-state index contributed by atoms with van der Waals surface area (Å²) in [6, 6.07) is 18.6. The summed E-state index contributed by atoms with van der Waals surface area (Å²) >= 11 is 0. The van der Waals surface area contributed by atoms with Gasteiger partial charge in [-0.15, -0.1) is 0 Å². The molecule has 1 aliphatic rings. The minimum absolute atomic E-state index is 0.0948. The Balaban J connectivity index is 1.88. The lowest BCUT2D eigenvalue weighted by Gasteiger charge is -2.31. The predicted octanol–water partition coefficient (Wildman–Crippen LogP) is 4.63. The number of carbonyl (C=O) groups excluding carboxylic acids is 2. The maximum Gasteiger partial charge on any atom is 0.255 e. The van der Waals surface area contributed by atoms with E-state index in [2.05, 4.69) is 5.32 Å². The molecule has 1 N–H and O–H groups in total. The lowest BCUT2D eigenvalue weighted by Crippen LogP contribution is -2.39. The molecule has 0 saturated carbocycles. The summed E-state index contributed by atoms with van der Waals surface area (Å²) in [5, 5.41) is 2.90. The topological polar surface area (TPSA) is 49.4 Å². The van der Waals surface area contributed by atoms with E-state index in [9.17, 15) is 14.0 Å². The van der Waals surface area contributed by atoms with Crippen molar-refractivity contribution >= 4 is 17.5 Å². The first kappa shape index (κ1) is 18.9. The summed E-state index contributed by atoms with van der Waals surface area (Å²) < 4.78 is 13.6. The van der Waals surface area contributed by atoms with Crippen LogP contribution in [0.25, 0.3) is 0 Å². The van der Waals surface area contributed by atoms with Crippen LogP contribution in [-0.2, 0) is 4.79 Å². The molecule has 0 aliphatic carbocycles. The molecule has 0 saturated heterocycles. The van der Waals surface area contributed by atoms with E-state index in [1.54, 1.807) is 29.2 Å². The van der Waals surface area contributed by atoms with E-state index < -0.39 is 6.04 Å². The Kier molecular flexibility index (Phi) is 4.89. The maximum absolute atomic E-state index is 13.6. The Morgan fingerprint density at radius 2 is 1.62 bits per heavy atom. The zero-order chi connectivity index (χ0) is 20.5. The molecule has 0 spiro atoms. The number of nitrogens with one attached hydrogen (secondary N) is 1. The van der Waals surface area contributed by atoms with Gasteiger partial charge in [0.25, 0.3) is 5.91 Å². The van der Waals surface area contributed by atoms with Crippen LogP contribution in [0, 0.1) is 19.7 Å². The number of nitrogens with zero attached hydrogens (tertiary/aromatic N) is 1. The van der Waals surface area contributed by atoms with Crippen molar-refractivity contribution in [3.8, 4) is 0 Å². The summed E-state index contributed by atoms with van der Waals surface area (Å²) in [4.78, 5) is 27.6. The fourth-order valence-corrected chi connectivity index (χ4v) is 3.68. The number of rotatable bonds is 2. The van der Waals surface area contributed by atoms with Gasteiger partial charge in [0.1, 0.15) is 12.4 Å². The van der Waals surface area contributed by atoms with Gasteiger partial charge < -0.3 is 10.2 Å². The number of aryl methyl sites for hydroxylation is 2. The van der Waals surface area contributed by atoms with E-state index in [0.29, 0.717) is 11.3 Å². The highest BCUT2D eigenvalue weighted by molar-refractivity contribution is 6.01. The maximum atomic E-state index is 13.6. The zero-order valence-electron chi connectivity index (χ0n) is 16.3. The number of hydrogen-bond acceptors (Lipinski definition) is 2. The fraction of sp³-hybridized carbons (Fsp3) is 0.167. The smallest absolute Gasteiger partial charge is 0.255 e. The van der Waals surface area contributed by atoms with Crippen molar-refractivity contribution < 1.29 is 14.0 Å². The van der Waals surface area contributed by atoms with Crippen molar-refractivity contribution in [1.82, 2.24) is 4.90 Å². The molecule has 4 nitrogen and oxygen atoms in total. The lowest BCUT2D eigenvalue weighted by molar-refractivity contribution is -0.117. The van der Waals surface area contributed by atoms with Crippen molar-refractivity contribution in [2.45, 2.75) is 19.9 Å². The van der Waals surface area contributed by atoms with Crippen molar-refractivity contribution in [3.63, 3.8) is 0 Å². The molecule has 0 unspecified atom stereocenters. The minimum atomic E-state index is -0.516. The van der Waals surface area contributed by atoms with Crippen molar-refractivity contribution in [1.29, 1.82) is 0 Å². The SMILES string of the molecule is Cc1ccc(C(=O)N2CC(=O)Nc3ccc(C)cc3[C@H]2c2ccc(F)cc2)cc1. The largest absolute Gasteiger partial charge is 0.324 e. The molecule has 146 valence electrons. The van der Waals surface area contributed by atoms with Gasteiger partial charge in [-0.25, -0.2) is 4.39 Å². The molecule has 0 bridgehead atoms. The average molecular weight is 388 g/mol. The molecule has 29 heavy (non-hydrogen) atoms. The second-order valence-electron chi connectivity index (χ2n) is 7.39. The Hall–Kier alpha value is -3.47. The number of fused-ring (bicyclic) bond motifs is 1. The monoisotopic (exact) mass is 388 g/mol. The molecule has 1 aliphatic heterocycles. The molecule has 4 rings (SSSR count). The number of hydrogen-bond donors (Lipinski definition) is 1. The van der Waals surface area contributed by atoms with E-state index >= 15 is 0 Å². The van der Waals surface area contributed by atoms with Crippen LogP contribution in [0.4, 0.5) is 10.1 Å². The number of benzene rings is 3. The molecule has 3 aromatic rings. The van der Waals surface area contributed by atoms with Crippen LogP contribution >= 0.6 is 0 Å². The summed E-state index contributed by atoms with van der Waals surface area (Å²) in [6.45, 7) is 3.82. The van der Waals surface area contributed by atoms with Crippen LogP contribution < -0.4 is 5.32 Å². The lowest BCUT2D eigenvalue weighted by atomic mass is 9.94. The second kappa shape index (κ2) is 7.51. The summed E-state index contributed by atoms with van der Waals surface area (Å²) in [5.41, 5.74) is 4.78. The Bertz CT molecular complexity index is 1080. The Labute approximate surface area is 169 Å². The molecular weight excluding hydrogens is 367 g/mol. The molecule has 0 radical (unpaired) electrons. The normalized spacial score (nSPS) is 16.0. The third-order valence-corrected chi connectivity index (χ3v) is 5.15. The molecule has 1 heterocycles. The van der Waals surface area contributed by atoms with E-state index in [-0.39, 0.29) is 24.2 Å². The summed E-state index contributed by atoms with van der Waals surface area (Å²) in [5.74, 6) is -0.860. The summed E-state index contributed by atoms with van der Waals surface area (Å²) in [7, 11) is 0. The van der Waals surface area contributed by atoms with Gasteiger partial charge in [-0.2, -0.15) is 0 Å². The Morgan fingerprint density at radius 3 is 2.31 bits per heavy atom. The highest BCUT2D eigenvalue weighted by atomic mass is 19.1. The van der Waals surface area contributed by atoms with Gasteiger partial charge in [0.2, 0.25) is 5.91 Å². The summed E-state index contributed by atoms with van der Waals surface area (Å²) in [6.07, 6.45) is 0. The Morgan fingerprint density at radius 1 is 0.966 bits per heavy atom. The van der Waals surface area contributed by atoms with Crippen LogP contribution in [0.5, 0.6) is 0 Å². The number of anilines is 1. The van der Waals surface area contributed by atoms with Crippen LogP contribution in [0.15, 0.2) is 66.7 Å².